The number of rotatable bonds is 4. The van der Waals surface area contributed by atoms with Crippen molar-refractivity contribution in [3.63, 3.8) is 0 Å². The van der Waals surface area contributed by atoms with Crippen LogP contribution in [-0.2, 0) is 6.54 Å². The molecule has 0 aliphatic rings. The van der Waals surface area contributed by atoms with E-state index in [0.29, 0.717) is 0 Å². The Morgan fingerprint density at radius 1 is 1.77 bits per heavy atom. The summed E-state index contributed by atoms with van der Waals surface area (Å²) in [5.74, 6) is 1.01. The molecule has 1 heterocycles. The van der Waals surface area contributed by atoms with E-state index in [1.165, 1.54) is 0 Å². The largest absolute Gasteiger partial charge is 0.334 e. The molecule has 1 aromatic rings. The van der Waals surface area contributed by atoms with Crippen molar-refractivity contribution in [1.29, 1.82) is 5.26 Å². The van der Waals surface area contributed by atoms with E-state index in [-0.39, 0.29) is 6.04 Å². The first-order valence-corrected chi connectivity index (χ1v) is 4.35. The predicted molar refractivity (Wildman–Crippen MR) is 50.0 cm³/mol. The molecular weight excluding hydrogens is 164 g/mol. The molecule has 4 heteroatoms. The smallest absolute Gasteiger partial charge is 0.105 e. The molecule has 0 aliphatic carbocycles. The van der Waals surface area contributed by atoms with Gasteiger partial charge in [-0.1, -0.05) is 0 Å². The summed E-state index contributed by atoms with van der Waals surface area (Å²) in [6.45, 7) is 5.47. The van der Waals surface area contributed by atoms with Crippen LogP contribution in [0.2, 0.25) is 0 Å². The summed E-state index contributed by atoms with van der Waals surface area (Å²) in [4.78, 5) is 4.10. The number of aryl methyl sites for hydroxylation is 1. The molecule has 0 saturated carbocycles. The van der Waals surface area contributed by atoms with Gasteiger partial charge in [0.15, 0.2) is 0 Å². The molecule has 1 atom stereocenters. The third-order valence-electron chi connectivity index (χ3n) is 1.92. The average molecular weight is 178 g/mol. The lowest BCUT2D eigenvalue weighted by Crippen LogP contribution is -2.28. The Balaban J connectivity index is 2.29. The van der Waals surface area contributed by atoms with Crippen LogP contribution in [0, 0.1) is 18.3 Å². The topological polar surface area (TPSA) is 53.6 Å². The van der Waals surface area contributed by atoms with Crippen molar-refractivity contribution < 1.29 is 0 Å². The summed E-state index contributed by atoms with van der Waals surface area (Å²) in [6.07, 6.45) is 3.72. The average Bonchev–Trinajstić information content (AvgIpc) is 2.52. The van der Waals surface area contributed by atoms with Crippen molar-refractivity contribution in [1.82, 2.24) is 14.9 Å². The van der Waals surface area contributed by atoms with Crippen LogP contribution in [0.4, 0.5) is 0 Å². The van der Waals surface area contributed by atoms with E-state index in [1.54, 1.807) is 6.20 Å². The van der Waals surface area contributed by atoms with Gasteiger partial charge in [0.2, 0.25) is 0 Å². The summed E-state index contributed by atoms with van der Waals surface area (Å²) >= 11 is 0. The van der Waals surface area contributed by atoms with Gasteiger partial charge in [0.1, 0.15) is 5.82 Å². The number of aromatic nitrogens is 2. The molecule has 0 radical (unpaired) electrons. The van der Waals surface area contributed by atoms with E-state index < -0.39 is 0 Å². The van der Waals surface area contributed by atoms with Crippen molar-refractivity contribution >= 4 is 0 Å². The molecule has 0 spiro atoms. The lowest BCUT2D eigenvalue weighted by Gasteiger charge is -2.07. The number of hydrogen-bond acceptors (Lipinski definition) is 3. The number of hydrogen-bond donors (Lipinski definition) is 1. The van der Waals surface area contributed by atoms with Gasteiger partial charge < -0.3 is 9.88 Å². The predicted octanol–water partition coefficient (Wildman–Crippen LogP) is 0.693. The zero-order chi connectivity index (χ0) is 9.68. The molecule has 4 nitrogen and oxygen atoms in total. The lowest BCUT2D eigenvalue weighted by molar-refractivity contribution is 0.565. The maximum absolute atomic E-state index is 8.51. The molecule has 70 valence electrons. The second-order valence-electron chi connectivity index (χ2n) is 2.97. The minimum atomic E-state index is -0.0798. The van der Waals surface area contributed by atoms with E-state index in [2.05, 4.69) is 20.9 Å². The third kappa shape index (κ3) is 2.88. The van der Waals surface area contributed by atoms with Crippen LogP contribution in [0.3, 0.4) is 0 Å². The fourth-order valence-electron chi connectivity index (χ4n) is 1.09. The normalized spacial score (nSPS) is 12.4. The van der Waals surface area contributed by atoms with Crippen molar-refractivity contribution in [3.05, 3.63) is 18.2 Å². The molecule has 1 rings (SSSR count). The van der Waals surface area contributed by atoms with Crippen molar-refractivity contribution in [2.45, 2.75) is 26.4 Å². The molecule has 0 aromatic carbocycles. The van der Waals surface area contributed by atoms with Crippen molar-refractivity contribution in [2.24, 2.45) is 0 Å². The molecule has 0 amide bonds. The third-order valence-corrected chi connectivity index (χ3v) is 1.92. The second-order valence-corrected chi connectivity index (χ2v) is 2.97. The molecule has 0 saturated heterocycles. The van der Waals surface area contributed by atoms with Gasteiger partial charge in [0, 0.05) is 25.5 Å². The van der Waals surface area contributed by atoms with Gasteiger partial charge in [-0.25, -0.2) is 4.98 Å². The van der Waals surface area contributed by atoms with Gasteiger partial charge in [-0.2, -0.15) is 5.26 Å². The summed E-state index contributed by atoms with van der Waals surface area (Å²) in [6, 6.07) is 2.04. The number of nitriles is 1. The molecule has 0 bridgehead atoms. The standard InChI is InChI=1S/C9H14N4/c1-8(7-10)11-3-5-13-6-4-12-9(13)2/h4,6,8,11H,3,5H2,1-2H3. The first-order valence-electron chi connectivity index (χ1n) is 4.35. The fourth-order valence-corrected chi connectivity index (χ4v) is 1.09. The molecule has 0 fully saturated rings. The Kier molecular flexibility index (Phi) is 3.47. The van der Waals surface area contributed by atoms with E-state index in [0.717, 1.165) is 18.9 Å². The van der Waals surface area contributed by atoms with Crippen LogP contribution in [0.25, 0.3) is 0 Å². The highest BCUT2D eigenvalue weighted by atomic mass is 15.1. The Morgan fingerprint density at radius 2 is 2.54 bits per heavy atom. The fraction of sp³-hybridized carbons (Fsp3) is 0.556. The molecule has 1 N–H and O–H groups in total. The van der Waals surface area contributed by atoms with Crippen molar-refractivity contribution in [3.8, 4) is 6.07 Å². The van der Waals surface area contributed by atoms with Crippen LogP contribution >= 0.6 is 0 Å². The Labute approximate surface area is 78.2 Å². The quantitative estimate of drug-likeness (QED) is 0.738. The van der Waals surface area contributed by atoms with E-state index >= 15 is 0 Å². The van der Waals surface area contributed by atoms with Gasteiger partial charge >= 0.3 is 0 Å². The molecule has 1 unspecified atom stereocenters. The van der Waals surface area contributed by atoms with Crippen LogP contribution in [0.1, 0.15) is 12.7 Å². The summed E-state index contributed by atoms with van der Waals surface area (Å²) in [7, 11) is 0. The maximum Gasteiger partial charge on any atom is 0.105 e. The van der Waals surface area contributed by atoms with Crippen LogP contribution in [-0.4, -0.2) is 22.1 Å². The first-order chi connectivity index (χ1) is 6.24. The maximum atomic E-state index is 8.51. The summed E-state index contributed by atoms with van der Waals surface area (Å²) < 4.78 is 2.05. The highest BCUT2D eigenvalue weighted by molar-refractivity contribution is 4.89. The molecule has 1 aromatic heterocycles. The van der Waals surface area contributed by atoms with Crippen LogP contribution in [0.15, 0.2) is 12.4 Å². The first kappa shape index (κ1) is 9.75. The molecule has 0 aliphatic heterocycles. The van der Waals surface area contributed by atoms with E-state index in [9.17, 15) is 0 Å². The lowest BCUT2D eigenvalue weighted by atomic mass is 10.4. The zero-order valence-electron chi connectivity index (χ0n) is 7.99. The summed E-state index contributed by atoms with van der Waals surface area (Å²) in [5.41, 5.74) is 0. The number of nitrogens with zero attached hydrogens (tertiary/aromatic N) is 3. The van der Waals surface area contributed by atoms with Crippen LogP contribution < -0.4 is 5.32 Å². The Hall–Kier alpha value is -1.34. The highest BCUT2D eigenvalue weighted by Gasteiger charge is 1.98. The van der Waals surface area contributed by atoms with Gasteiger partial charge in [0.25, 0.3) is 0 Å². The van der Waals surface area contributed by atoms with Crippen molar-refractivity contribution in [2.75, 3.05) is 6.54 Å². The monoisotopic (exact) mass is 178 g/mol. The Morgan fingerprint density at radius 3 is 3.08 bits per heavy atom. The Bertz CT molecular complexity index is 297. The number of imidazole rings is 1. The van der Waals surface area contributed by atoms with Gasteiger partial charge in [-0.15, -0.1) is 0 Å². The zero-order valence-corrected chi connectivity index (χ0v) is 7.99. The van der Waals surface area contributed by atoms with Crippen LogP contribution in [0.5, 0.6) is 0 Å². The summed E-state index contributed by atoms with van der Waals surface area (Å²) in [5, 5.41) is 11.6. The van der Waals surface area contributed by atoms with E-state index in [4.69, 9.17) is 5.26 Å². The minimum absolute atomic E-state index is 0.0798. The second kappa shape index (κ2) is 4.63. The minimum Gasteiger partial charge on any atom is -0.334 e. The van der Waals surface area contributed by atoms with Gasteiger partial charge in [0.05, 0.1) is 12.1 Å². The van der Waals surface area contributed by atoms with Gasteiger partial charge in [-0.05, 0) is 13.8 Å². The molecular formula is C9H14N4. The molecule has 13 heavy (non-hydrogen) atoms. The SMILES string of the molecule is Cc1nccn1CCNC(C)C#N. The number of nitrogens with one attached hydrogen (secondary N) is 1. The highest BCUT2D eigenvalue weighted by Crippen LogP contribution is 1.93. The van der Waals surface area contributed by atoms with E-state index in [1.807, 2.05) is 20.0 Å². The van der Waals surface area contributed by atoms with Gasteiger partial charge in [-0.3, -0.25) is 0 Å².